The normalized spacial score (nSPS) is 22.0. The van der Waals surface area contributed by atoms with Crippen molar-refractivity contribution in [1.82, 2.24) is 10.3 Å². The van der Waals surface area contributed by atoms with Crippen LogP contribution in [0.5, 0.6) is 5.88 Å². The van der Waals surface area contributed by atoms with Crippen LogP contribution in [0.15, 0.2) is 12.3 Å². The molecule has 1 fully saturated rings. The van der Waals surface area contributed by atoms with Gasteiger partial charge in [-0.15, -0.1) is 0 Å². The molecule has 0 spiro atoms. The Balaban J connectivity index is 2.24. The van der Waals surface area contributed by atoms with Gasteiger partial charge in [0, 0.05) is 18.3 Å². The Labute approximate surface area is 116 Å². The number of pyridine rings is 1. The molecule has 1 heterocycles. The van der Waals surface area contributed by atoms with Crippen LogP contribution in [0.25, 0.3) is 0 Å². The lowest BCUT2D eigenvalue weighted by atomic mass is 9.92. The first-order valence-electron chi connectivity index (χ1n) is 6.54. The number of nitrogens with one attached hydrogen (secondary N) is 1. The quantitative estimate of drug-likeness (QED) is 0.664. The van der Waals surface area contributed by atoms with E-state index in [4.69, 9.17) is 10.00 Å². The van der Waals surface area contributed by atoms with Crippen LogP contribution in [-0.4, -0.2) is 29.1 Å². The molecule has 2 unspecified atom stereocenters. The van der Waals surface area contributed by atoms with Gasteiger partial charge in [-0.1, -0.05) is 6.42 Å². The molecular weight excluding hydrogens is 260 g/mol. The number of hydrogen-bond donors (Lipinski definition) is 1. The van der Waals surface area contributed by atoms with E-state index in [9.17, 15) is 10.1 Å². The van der Waals surface area contributed by atoms with Crippen molar-refractivity contribution in [1.29, 1.82) is 5.26 Å². The summed E-state index contributed by atoms with van der Waals surface area (Å²) in [7, 11) is 1.85. The molecule has 0 aromatic carbocycles. The lowest BCUT2D eigenvalue weighted by molar-refractivity contribution is -0.386. The number of rotatable bonds is 4. The zero-order chi connectivity index (χ0) is 14.5. The Bertz CT molecular complexity index is 541. The van der Waals surface area contributed by atoms with Crippen LogP contribution < -0.4 is 10.1 Å². The molecule has 1 N–H and O–H groups in total. The van der Waals surface area contributed by atoms with Gasteiger partial charge in [-0.25, -0.2) is 4.98 Å². The molecule has 1 saturated carbocycles. The smallest absolute Gasteiger partial charge is 0.332 e. The average molecular weight is 276 g/mol. The third-order valence-corrected chi connectivity index (χ3v) is 3.49. The summed E-state index contributed by atoms with van der Waals surface area (Å²) in [6, 6.07) is 3.20. The Morgan fingerprint density at radius 2 is 2.30 bits per heavy atom. The van der Waals surface area contributed by atoms with Crippen molar-refractivity contribution < 1.29 is 9.66 Å². The molecule has 0 bridgehead atoms. The number of hydrogen-bond acceptors (Lipinski definition) is 6. The standard InChI is InChI=1S/C13H16N4O3/c1-15-10-4-2-3-5-12(10)20-13-11(17(18)19)6-9(7-14)8-16-13/h6,8,10,12,15H,2-5H2,1H3. The summed E-state index contributed by atoms with van der Waals surface area (Å²) in [4.78, 5) is 14.4. The maximum atomic E-state index is 11.0. The van der Waals surface area contributed by atoms with Gasteiger partial charge in [-0.05, 0) is 26.3 Å². The molecule has 2 rings (SSSR count). The van der Waals surface area contributed by atoms with Gasteiger partial charge in [0.15, 0.2) is 0 Å². The Morgan fingerprint density at radius 3 is 2.95 bits per heavy atom. The van der Waals surface area contributed by atoms with E-state index in [1.54, 1.807) is 0 Å². The third-order valence-electron chi connectivity index (χ3n) is 3.49. The fourth-order valence-electron chi connectivity index (χ4n) is 2.43. The van der Waals surface area contributed by atoms with E-state index in [2.05, 4.69) is 10.3 Å². The highest BCUT2D eigenvalue weighted by atomic mass is 16.6. The van der Waals surface area contributed by atoms with Gasteiger partial charge in [0.25, 0.3) is 5.88 Å². The monoisotopic (exact) mass is 276 g/mol. The van der Waals surface area contributed by atoms with E-state index in [1.807, 2.05) is 13.1 Å². The highest BCUT2D eigenvalue weighted by molar-refractivity contribution is 5.46. The second kappa shape index (κ2) is 6.30. The van der Waals surface area contributed by atoms with Crippen molar-refractivity contribution in [3.63, 3.8) is 0 Å². The Morgan fingerprint density at radius 1 is 1.55 bits per heavy atom. The molecule has 7 heteroatoms. The minimum atomic E-state index is -0.569. The minimum absolute atomic E-state index is 0.0128. The van der Waals surface area contributed by atoms with Crippen LogP contribution >= 0.6 is 0 Å². The van der Waals surface area contributed by atoms with Crippen molar-refractivity contribution in [2.24, 2.45) is 0 Å². The molecular formula is C13H16N4O3. The minimum Gasteiger partial charge on any atom is -0.468 e. The fraction of sp³-hybridized carbons (Fsp3) is 0.538. The molecule has 0 saturated heterocycles. The Kier molecular flexibility index (Phi) is 4.48. The second-order valence-electron chi connectivity index (χ2n) is 4.75. The van der Waals surface area contributed by atoms with Crippen LogP contribution in [0, 0.1) is 21.4 Å². The molecule has 0 aliphatic heterocycles. The summed E-state index contributed by atoms with van der Waals surface area (Å²) in [5.41, 5.74) is -0.109. The van der Waals surface area contributed by atoms with E-state index in [-0.39, 0.29) is 29.3 Å². The summed E-state index contributed by atoms with van der Waals surface area (Å²) in [5.74, 6) is -0.0128. The van der Waals surface area contributed by atoms with Crippen LogP contribution in [0.2, 0.25) is 0 Å². The summed E-state index contributed by atoms with van der Waals surface area (Å²) in [6.45, 7) is 0. The molecule has 0 amide bonds. The number of aromatic nitrogens is 1. The number of likely N-dealkylation sites (N-methyl/N-ethyl adjacent to an activating group) is 1. The van der Waals surface area contributed by atoms with Crippen LogP contribution in [0.3, 0.4) is 0 Å². The third kappa shape index (κ3) is 3.03. The van der Waals surface area contributed by atoms with Gasteiger partial charge in [-0.3, -0.25) is 10.1 Å². The van der Waals surface area contributed by atoms with Crippen molar-refractivity contribution in [2.45, 2.75) is 37.8 Å². The molecule has 7 nitrogen and oxygen atoms in total. The van der Waals surface area contributed by atoms with Gasteiger partial charge in [0.05, 0.1) is 10.5 Å². The van der Waals surface area contributed by atoms with Crippen LogP contribution in [0.4, 0.5) is 5.69 Å². The maximum absolute atomic E-state index is 11.0. The highest BCUT2D eigenvalue weighted by Crippen LogP contribution is 2.29. The zero-order valence-electron chi connectivity index (χ0n) is 11.2. The van der Waals surface area contributed by atoms with Crippen LogP contribution in [0.1, 0.15) is 31.2 Å². The number of nitro groups is 1. The largest absolute Gasteiger partial charge is 0.468 e. The maximum Gasteiger partial charge on any atom is 0.332 e. The molecule has 2 atom stereocenters. The first kappa shape index (κ1) is 14.2. The van der Waals surface area contributed by atoms with E-state index in [1.165, 1.54) is 12.3 Å². The van der Waals surface area contributed by atoms with E-state index >= 15 is 0 Å². The predicted octanol–water partition coefficient (Wildman–Crippen LogP) is 1.77. The first-order valence-corrected chi connectivity index (χ1v) is 6.54. The van der Waals surface area contributed by atoms with Gasteiger partial charge in [0.2, 0.25) is 0 Å². The predicted molar refractivity (Wildman–Crippen MR) is 71.3 cm³/mol. The summed E-state index contributed by atoms with van der Waals surface area (Å²) in [6.07, 6.45) is 5.13. The van der Waals surface area contributed by atoms with Crippen molar-refractivity contribution in [2.75, 3.05) is 7.05 Å². The Hall–Kier alpha value is -2.20. The van der Waals surface area contributed by atoms with Crippen molar-refractivity contribution in [3.8, 4) is 11.9 Å². The summed E-state index contributed by atoms with van der Waals surface area (Å²) < 4.78 is 5.73. The zero-order valence-corrected chi connectivity index (χ0v) is 11.2. The fourth-order valence-corrected chi connectivity index (χ4v) is 2.43. The average Bonchev–Trinajstić information content (AvgIpc) is 2.48. The first-order chi connectivity index (χ1) is 9.65. The van der Waals surface area contributed by atoms with E-state index in [0.29, 0.717) is 0 Å². The molecule has 1 aliphatic rings. The number of ether oxygens (including phenoxy) is 1. The lowest BCUT2D eigenvalue weighted by Gasteiger charge is -2.30. The highest BCUT2D eigenvalue weighted by Gasteiger charge is 2.28. The molecule has 1 aromatic rings. The van der Waals surface area contributed by atoms with E-state index < -0.39 is 4.92 Å². The molecule has 20 heavy (non-hydrogen) atoms. The van der Waals surface area contributed by atoms with Gasteiger partial charge >= 0.3 is 5.69 Å². The van der Waals surface area contributed by atoms with Crippen molar-refractivity contribution in [3.05, 3.63) is 27.9 Å². The lowest BCUT2D eigenvalue weighted by Crippen LogP contribution is -2.43. The van der Waals surface area contributed by atoms with Gasteiger partial charge in [-0.2, -0.15) is 5.26 Å². The van der Waals surface area contributed by atoms with Crippen molar-refractivity contribution >= 4 is 5.69 Å². The van der Waals surface area contributed by atoms with E-state index in [0.717, 1.165) is 25.7 Å². The summed E-state index contributed by atoms with van der Waals surface area (Å²) in [5, 5.41) is 23.0. The molecule has 1 aliphatic carbocycles. The SMILES string of the molecule is CNC1CCCCC1Oc1ncc(C#N)cc1[N+](=O)[O-]. The summed E-state index contributed by atoms with van der Waals surface area (Å²) >= 11 is 0. The van der Waals surface area contributed by atoms with Gasteiger partial charge < -0.3 is 10.1 Å². The molecule has 0 radical (unpaired) electrons. The molecule has 106 valence electrons. The molecule has 1 aromatic heterocycles. The van der Waals surface area contributed by atoms with Gasteiger partial charge in [0.1, 0.15) is 12.2 Å². The number of nitrogens with zero attached hydrogens (tertiary/aromatic N) is 3. The topological polar surface area (TPSA) is 101 Å². The van der Waals surface area contributed by atoms with Crippen LogP contribution in [-0.2, 0) is 0 Å². The number of nitriles is 1. The second-order valence-corrected chi connectivity index (χ2v) is 4.75.